The normalized spacial score (nSPS) is 11.2. The third kappa shape index (κ3) is 5.70. The number of methoxy groups -OCH3 is 1. The standard InChI is InChI=1S/C22H19Cl2FN2O4S/c1-31-21-10-3-14(22(28)26-20-12-16(23)4-9-19(20)24)11-15(21)13-27(32(2,29)30)18-7-5-17(25)6-8-18/h3-12H,13H2,1-2H3,(H,26,28). The van der Waals surface area contributed by atoms with Crippen molar-refractivity contribution in [1.29, 1.82) is 0 Å². The lowest BCUT2D eigenvalue weighted by Gasteiger charge is -2.24. The fourth-order valence-electron chi connectivity index (χ4n) is 2.99. The van der Waals surface area contributed by atoms with E-state index in [1.807, 2.05) is 0 Å². The van der Waals surface area contributed by atoms with Crippen molar-refractivity contribution in [3.63, 3.8) is 0 Å². The van der Waals surface area contributed by atoms with Gasteiger partial charge in [0.1, 0.15) is 11.6 Å². The maximum absolute atomic E-state index is 13.3. The molecule has 3 rings (SSSR count). The van der Waals surface area contributed by atoms with E-state index < -0.39 is 21.7 Å². The number of hydrogen-bond acceptors (Lipinski definition) is 4. The third-order valence-electron chi connectivity index (χ3n) is 4.55. The first-order valence-corrected chi connectivity index (χ1v) is 11.9. The Balaban J connectivity index is 1.95. The monoisotopic (exact) mass is 496 g/mol. The van der Waals surface area contributed by atoms with Gasteiger partial charge in [-0.25, -0.2) is 12.8 Å². The molecule has 10 heteroatoms. The van der Waals surface area contributed by atoms with E-state index in [1.165, 1.54) is 43.5 Å². The molecule has 0 bridgehead atoms. The molecule has 0 radical (unpaired) electrons. The highest BCUT2D eigenvalue weighted by Gasteiger charge is 2.21. The van der Waals surface area contributed by atoms with E-state index in [2.05, 4.69) is 5.32 Å². The van der Waals surface area contributed by atoms with E-state index in [0.717, 1.165) is 10.6 Å². The Morgan fingerprint density at radius 3 is 2.38 bits per heavy atom. The van der Waals surface area contributed by atoms with E-state index >= 15 is 0 Å². The molecule has 0 aliphatic rings. The van der Waals surface area contributed by atoms with Crippen molar-refractivity contribution < 1.29 is 22.3 Å². The maximum Gasteiger partial charge on any atom is 0.255 e. The van der Waals surface area contributed by atoms with Crippen LogP contribution in [0.5, 0.6) is 5.75 Å². The summed E-state index contributed by atoms with van der Waals surface area (Å²) in [4.78, 5) is 12.8. The molecule has 6 nitrogen and oxygen atoms in total. The van der Waals surface area contributed by atoms with Gasteiger partial charge in [0.15, 0.2) is 0 Å². The van der Waals surface area contributed by atoms with Crippen LogP contribution in [0.4, 0.5) is 15.8 Å². The summed E-state index contributed by atoms with van der Waals surface area (Å²) in [5.74, 6) is -0.568. The van der Waals surface area contributed by atoms with Crippen LogP contribution in [0.15, 0.2) is 60.7 Å². The molecule has 168 valence electrons. The van der Waals surface area contributed by atoms with Gasteiger partial charge in [0.05, 0.1) is 36.3 Å². The second-order valence-electron chi connectivity index (χ2n) is 6.85. The zero-order valence-electron chi connectivity index (χ0n) is 17.1. The molecule has 0 spiro atoms. The van der Waals surface area contributed by atoms with Gasteiger partial charge in [-0.3, -0.25) is 9.10 Å². The Bertz CT molecular complexity index is 1250. The van der Waals surface area contributed by atoms with Crippen molar-refractivity contribution in [2.45, 2.75) is 6.54 Å². The molecule has 0 saturated carbocycles. The largest absolute Gasteiger partial charge is 0.496 e. The van der Waals surface area contributed by atoms with Crippen LogP contribution in [0, 0.1) is 5.82 Å². The van der Waals surface area contributed by atoms with Crippen LogP contribution >= 0.6 is 23.2 Å². The van der Waals surface area contributed by atoms with Crippen LogP contribution in [-0.4, -0.2) is 27.7 Å². The van der Waals surface area contributed by atoms with Crippen LogP contribution in [-0.2, 0) is 16.6 Å². The summed E-state index contributed by atoms with van der Waals surface area (Å²) in [7, 11) is -2.29. The Morgan fingerprint density at radius 1 is 1.06 bits per heavy atom. The highest BCUT2D eigenvalue weighted by molar-refractivity contribution is 7.92. The van der Waals surface area contributed by atoms with Gasteiger partial charge in [0, 0.05) is 16.1 Å². The van der Waals surface area contributed by atoms with E-state index in [9.17, 15) is 17.6 Å². The molecule has 0 aliphatic heterocycles. The van der Waals surface area contributed by atoms with Crippen molar-refractivity contribution in [2.24, 2.45) is 0 Å². The molecule has 3 aromatic rings. The van der Waals surface area contributed by atoms with Crippen LogP contribution in [0.2, 0.25) is 10.0 Å². The molecular weight excluding hydrogens is 478 g/mol. The molecule has 3 aromatic carbocycles. The number of amides is 1. The molecule has 0 atom stereocenters. The minimum Gasteiger partial charge on any atom is -0.496 e. The first-order chi connectivity index (χ1) is 15.1. The lowest BCUT2D eigenvalue weighted by Crippen LogP contribution is -2.29. The molecule has 0 heterocycles. The second-order valence-corrected chi connectivity index (χ2v) is 9.60. The summed E-state index contributed by atoms with van der Waals surface area (Å²) in [6, 6.07) is 14.4. The number of halogens is 3. The first-order valence-electron chi connectivity index (χ1n) is 9.25. The summed E-state index contributed by atoms with van der Waals surface area (Å²) in [6.07, 6.45) is 1.04. The number of carbonyl (C=O) groups excluding carboxylic acids is 1. The number of benzene rings is 3. The lowest BCUT2D eigenvalue weighted by molar-refractivity contribution is 0.102. The lowest BCUT2D eigenvalue weighted by atomic mass is 10.1. The quantitative estimate of drug-likeness (QED) is 0.477. The number of carbonyl (C=O) groups is 1. The first kappa shape index (κ1) is 23.8. The Kier molecular flexibility index (Phi) is 7.28. The molecule has 0 aromatic heterocycles. The summed E-state index contributed by atoms with van der Waals surface area (Å²) in [5.41, 5.74) is 1.30. The number of rotatable bonds is 7. The van der Waals surface area contributed by atoms with Gasteiger partial charge in [-0.1, -0.05) is 23.2 Å². The SMILES string of the molecule is COc1ccc(C(=O)Nc2cc(Cl)ccc2Cl)cc1CN(c1ccc(F)cc1)S(C)(=O)=O. The van der Waals surface area contributed by atoms with E-state index in [-0.39, 0.29) is 17.8 Å². The smallest absolute Gasteiger partial charge is 0.255 e. The third-order valence-corrected chi connectivity index (χ3v) is 6.25. The van der Waals surface area contributed by atoms with E-state index in [1.54, 1.807) is 24.3 Å². The summed E-state index contributed by atoms with van der Waals surface area (Å²) in [6.45, 7) is -0.132. The number of nitrogens with zero attached hydrogens (tertiary/aromatic N) is 1. The van der Waals surface area contributed by atoms with Gasteiger partial charge < -0.3 is 10.1 Å². The van der Waals surface area contributed by atoms with Crippen molar-refractivity contribution >= 4 is 50.5 Å². The van der Waals surface area contributed by atoms with Crippen LogP contribution in [0.25, 0.3) is 0 Å². The fraction of sp³-hybridized carbons (Fsp3) is 0.136. The zero-order chi connectivity index (χ0) is 23.5. The summed E-state index contributed by atoms with van der Waals surface area (Å²) < 4.78 is 44.6. The molecule has 0 aliphatic carbocycles. The Labute approximate surface area is 195 Å². The minimum atomic E-state index is -3.72. The highest BCUT2D eigenvalue weighted by atomic mass is 35.5. The van der Waals surface area contributed by atoms with Gasteiger partial charge >= 0.3 is 0 Å². The Hall–Kier alpha value is -2.81. The number of sulfonamides is 1. The predicted molar refractivity (Wildman–Crippen MR) is 125 cm³/mol. The van der Waals surface area contributed by atoms with Gasteiger partial charge in [-0.2, -0.15) is 0 Å². The van der Waals surface area contributed by atoms with Gasteiger partial charge in [0.25, 0.3) is 5.91 Å². The molecule has 0 unspecified atom stereocenters. The van der Waals surface area contributed by atoms with E-state index in [0.29, 0.717) is 27.0 Å². The molecule has 1 N–H and O–H groups in total. The summed E-state index contributed by atoms with van der Waals surface area (Å²) >= 11 is 12.1. The fourth-order valence-corrected chi connectivity index (χ4v) is 4.21. The summed E-state index contributed by atoms with van der Waals surface area (Å²) in [5, 5.41) is 3.41. The van der Waals surface area contributed by atoms with Crippen LogP contribution < -0.4 is 14.4 Å². The van der Waals surface area contributed by atoms with Crippen LogP contribution in [0.3, 0.4) is 0 Å². The Morgan fingerprint density at radius 2 is 1.75 bits per heavy atom. The second kappa shape index (κ2) is 9.77. The van der Waals surface area contributed by atoms with Gasteiger partial charge in [-0.15, -0.1) is 0 Å². The molecule has 0 saturated heterocycles. The number of ether oxygens (including phenoxy) is 1. The van der Waals surface area contributed by atoms with Crippen molar-refractivity contribution in [1.82, 2.24) is 0 Å². The van der Waals surface area contributed by atoms with Crippen molar-refractivity contribution in [3.8, 4) is 5.75 Å². The van der Waals surface area contributed by atoms with Crippen LogP contribution in [0.1, 0.15) is 15.9 Å². The van der Waals surface area contributed by atoms with Gasteiger partial charge in [0.2, 0.25) is 10.0 Å². The molecule has 0 fully saturated rings. The van der Waals surface area contributed by atoms with Crippen molar-refractivity contribution in [3.05, 3.63) is 87.7 Å². The average Bonchev–Trinajstić information content (AvgIpc) is 2.74. The number of nitrogens with one attached hydrogen (secondary N) is 1. The van der Waals surface area contributed by atoms with Gasteiger partial charge in [-0.05, 0) is 60.7 Å². The predicted octanol–water partition coefficient (Wildman–Crippen LogP) is 5.36. The minimum absolute atomic E-state index is 0.132. The number of hydrogen-bond donors (Lipinski definition) is 1. The maximum atomic E-state index is 13.3. The van der Waals surface area contributed by atoms with E-state index in [4.69, 9.17) is 27.9 Å². The topological polar surface area (TPSA) is 75.7 Å². The zero-order valence-corrected chi connectivity index (χ0v) is 19.4. The molecular formula is C22H19Cl2FN2O4S. The molecule has 1 amide bonds. The average molecular weight is 497 g/mol. The molecule has 32 heavy (non-hydrogen) atoms. The number of anilines is 2. The highest BCUT2D eigenvalue weighted by Crippen LogP contribution is 2.29. The van der Waals surface area contributed by atoms with Crippen molar-refractivity contribution in [2.75, 3.05) is 23.0 Å².